The molecule has 0 bridgehead atoms. The lowest BCUT2D eigenvalue weighted by molar-refractivity contribution is -0.134. The molecule has 88 valence electrons. The van der Waals surface area contributed by atoms with Gasteiger partial charge in [0.15, 0.2) is 5.78 Å². The van der Waals surface area contributed by atoms with Gasteiger partial charge >= 0.3 is 0 Å². The first-order chi connectivity index (χ1) is 7.09. The van der Waals surface area contributed by atoms with E-state index >= 15 is 0 Å². The van der Waals surface area contributed by atoms with Crippen LogP contribution in [0, 0.1) is 0 Å². The van der Waals surface area contributed by atoms with Crippen LogP contribution in [-0.2, 0) is 14.3 Å². The molecule has 1 saturated heterocycles. The molecule has 0 spiro atoms. The molecule has 0 N–H and O–H groups in total. The van der Waals surface area contributed by atoms with Gasteiger partial charge in [-0.15, -0.1) is 0 Å². The maximum absolute atomic E-state index is 11.1. The average Bonchev–Trinajstić information content (AvgIpc) is 2.17. The van der Waals surface area contributed by atoms with Gasteiger partial charge in [-0.1, -0.05) is 0 Å². The number of hydrogen-bond donors (Lipinski definition) is 0. The Morgan fingerprint density at radius 3 is 2.93 bits per heavy atom. The largest absolute Gasteiger partial charge is 0.377 e. The number of carbonyl (C=O) groups is 1. The number of ether oxygens (including phenoxy) is 2. The molecule has 0 aliphatic carbocycles. The number of ketones is 1. The zero-order valence-corrected chi connectivity index (χ0v) is 9.86. The molecule has 1 rings (SSSR count). The first-order valence-electron chi connectivity index (χ1n) is 5.55. The highest BCUT2D eigenvalue weighted by Gasteiger charge is 2.23. The molecule has 4 nitrogen and oxygen atoms in total. The Labute approximate surface area is 91.5 Å². The van der Waals surface area contributed by atoms with Crippen molar-refractivity contribution in [2.24, 2.45) is 0 Å². The summed E-state index contributed by atoms with van der Waals surface area (Å²) in [6.07, 6.45) is 0.0347. The van der Waals surface area contributed by atoms with E-state index in [1.165, 1.54) is 0 Å². The standard InChI is InChI=1S/C11H21NO3/c1-9(2)14-6-4-12-5-7-15-11(8-12)10(3)13/h9,11H,4-8H2,1-3H3. The Kier molecular flexibility index (Phi) is 5.22. The minimum atomic E-state index is -0.238. The summed E-state index contributed by atoms with van der Waals surface area (Å²) in [5.74, 6) is 0.115. The molecule has 0 aromatic heterocycles. The van der Waals surface area contributed by atoms with Crippen LogP contribution in [0.2, 0.25) is 0 Å². The van der Waals surface area contributed by atoms with E-state index in [-0.39, 0.29) is 18.0 Å². The summed E-state index contributed by atoms with van der Waals surface area (Å²) in [6, 6.07) is 0. The summed E-state index contributed by atoms with van der Waals surface area (Å²) >= 11 is 0. The molecule has 15 heavy (non-hydrogen) atoms. The van der Waals surface area contributed by atoms with Crippen LogP contribution in [0.5, 0.6) is 0 Å². The van der Waals surface area contributed by atoms with E-state index in [9.17, 15) is 4.79 Å². The van der Waals surface area contributed by atoms with Crippen molar-refractivity contribution in [3.8, 4) is 0 Å². The molecule has 0 aromatic carbocycles. The zero-order valence-electron chi connectivity index (χ0n) is 9.86. The van der Waals surface area contributed by atoms with E-state index in [2.05, 4.69) is 4.90 Å². The molecule has 0 amide bonds. The van der Waals surface area contributed by atoms with E-state index < -0.39 is 0 Å². The van der Waals surface area contributed by atoms with Gasteiger partial charge in [0.2, 0.25) is 0 Å². The van der Waals surface area contributed by atoms with Gasteiger partial charge in [-0.2, -0.15) is 0 Å². The van der Waals surface area contributed by atoms with Crippen LogP contribution in [-0.4, -0.2) is 55.7 Å². The lowest BCUT2D eigenvalue weighted by Crippen LogP contribution is -2.46. The van der Waals surface area contributed by atoms with Crippen molar-refractivity contribution < 1.29 is 14.3 Å². The lowest BCUT2D eigenvalue weighted by atomic mass is 10.2. The Morgan fingerprint density at radius 1 is 1.60 bits per heavy atom. The summed E-state index contributed by atoms with van der Waals surface area (Å²) in [5, 5.41) is 0. The minimum absolute atomic E-state index is 0.115. The van der Waals surface area contributed by atoms with Crippen molar-refractivity contribution in [2.45, 2.75) is 33.0 Å². The Hall–Kier alpha value is -0.450. The number of carbonyl (C=O) groups excluding carboxylic acids is 1. The predicted octanol–water partition coefficient (Wildman–Crippen LogP) is 0.701. The molecule has 1 unspecified atom stereocenters. The van der Waals surface area contributed by atoms with Gasteiger partial charge < -0.3 is 9.47 Å². The van der Waals surface area contributed by atoms with Crippen LogP contribution in [0.4, 0.5) is 0 Å². The Bertz CT molecular complexity index is 206. The molecule has 4 heteroatoms. The molecular formula is C11H21NO3. The topological polar surface area (TPSA) is 38.8 Å². The van der Waals surface area contributed by atoms with E-state index in [0.717, 1.165) is 19.7 Å². The first-order valence-corrected chi connectivity index (χ1v) is 5.55. The van der Waals surface area contributed by atoms with Crippen molar-refractivity contribution in [1.82, 2.24) is 4.90 Å². The Morgan fingerprint density at radius 2 is 2.33 bits per heavy atom. The van der Waals surface area contributed by atoms with Crippen LogP contribution >= 0.6 is 0 Å². The molecule has 1 heterocycles. The number of Topliss-reactive ketones (excluding diaryl/α,β-unsaturated/α-hetero) is 1. The van der Waals surface area contributed by atoms with E-state index in [1.807, 2.05) is 13.8 Å². The van der Waals surface area contributed by atoms with Crippen molar-refractivity contribution in [3.63, 3.8) is 0 Å². The van der Waals surface area contributed by atoms with E-state index in [1.54, 1.807) is 6.92 Å². The number of morpholine rings is 1. The molecule has 1 fully saturated rings. The third-order valence-corrected chi connectivity index (χ3v) is 2.46. The molecule has 1 atom stereocenters. The summed E-state index contributed by atoms with van der Waals surface area (Å²) in [6.45, 7) is 9.48. The number of nitrogens with zero attached hydrogens (tertiary/aromatic N) is 1. The fourth-order valence-corrected chi connectivity index (χ4v) is 1.57. The second-order valence-corrected chi connectivity index (χ2v) is 4.19. The van der Waals surface area contributed by atoms with Gasteiger partial charge in [-0.3, -0.25) is 9.69 Å². The molecule has 0 radical (unpaired) electrons. The highest BCUT2D eigenvalue weighted by Crippen LogP contribution is 2.05. The van der Waals surface area contributed by atoms with Crippen LogP contribution in [0.1, 0.15) is 20.8 Å². The highest BCUT2D eigenvalue weighted by molar-refractivity contribution is 5.80. The van der Waals surface area contributed by atoms with Crippen molar-refractivity contribution in [2.75, 3.05) is 32.8 Å². The van der Waals surface area contributed by atoms with Crippen LogP contribution in [0.3, 0.4) is 0 Å². The second kappa shape index (κ2) is 6.20. The van der Waals surface area contributed by atoms with Crippen LogP contribution < -0.4 is 0 Å². The summed E-state index contributed by atoms with van der Waals surface area (Å²) < 4.78 is 10.8. The van der Waals surface area contributed by atoms with E-state index in [0.29, 0.717) is 13.2 Å². The summed E-state index contributed by atoms with van der Waals surface area (Å²) in [7, 11) is 0. The lowest BCUT2D eigenvalue weighted by Gasteiger charge is -2.31. The number of rotatable bonds is 5. The van der Waals surface area contributed by atoms with Gasteiger partial charge in [0.25, 0.3) is 0 Å². The van der Waals surface area contributed by atoms with Gasteiger partial charge in [-0.25, -0.2) is 0 Å². The van der Waals surface area contributed by atoms with Gasteiger partial charge in [0.1, 0.15) is 6.10 Å². The van der Waals surface area contributed by atoms with Crippen molar-refractivity contribution >= 4 is 5.78 Å². The average molecular weight is 215 g/mol. The van der Waals surface area contributed by atoms with E-state index in [4.69, 9.17) is 9.47 Å². The highest BCUT2D eigenvalue weighted by atomic mass is 16.5. The normalized spacial score (nSPS) is 23.3. The van der Waals surface area contributed by atoms with Crippen LogP contribution in [0.25, 0.3) is 0 Å². The third kappa shape index (κ3) is 4.73. The molecule has 1 aliphatic rings. The van der Waals surface area contributed by atoms with Gasteiger partial charge in [0.05, 0.1) is 19.3 Å². The smallest absolute Gasteiger partial charge is 0.159 e. The molecule has 1 aliphatic heterocycles. The fourth-order valence-electron chi connectivity index (χ4n) is 1.57. The van der Waals surface area contributed by atoms with Gasteiger partial charge in [-0.05, 0) is 20.8 Å². The summed E-state index contributed by atoms with van der Waals surface area (Å²) in [5.41, 5.74) is 0. The van der Waals surface area contributed by atoms with Crippen molar-refractivity contribution in [3.05, 3.63) is 0 Å². The van der Waals surface area contributed by atoms with Crippen LogP contribution in [0.15, 0.2) is 0 Å². The predicted molar refractivity (Wildman–Crippen MR) is 57.9 cm³/mol. The minimum Gasteiger partial charge on any atom is -0.377 e. The van der Waals surface area contributed by atoms with Gasteiger partial charge in [0, 0.05) is 19.6 Å². The molecular weight excluding hydrogens is 194 g/mol. The van der Waals surface area contributed by atoms with Crippen molar-refractivity contribution in [1.29, 1.82) is 0 Å². The SMILES string of the molecule is CC(=O)C1CN(CCOC(C)C)CCO1. The third-order valence-electron chi connectivity index (χ3n) is 2.46. The maximum atomic E-state index is 11.1. The summed E-state index contributed by atoms with van der Waals surface area (Å²) in [4.78, 5) is 13.4. The molecule has 0 aromatic rings. The monoisotopic (exact) mass is 215 g/mol. The second-order valence-electron chi connectivity index (χ2n) is 4.19. The number of hydrogen-bond acceptors (Lipinski definition) is 4. The first kappa shape index (κ1) is 12.6. The molecule has 0 saturated carbocycles. The Balaban J connectivity index is 2.21. The maximum Gasteiger partial charge on any atom is 0.159 e. The quantitative estimate of drug-likeness (QED) is 0.677. The zero-order chi connectivity index (χ0) is 11.3. The fraction of sp³-hybridized carbons (Fsp3) is 0.909.